The van der Waals surface area contributed by atoms with E-state index < -0.39 is 4.92 Å². The van der Waals surface area contributed by atoms with E-state index in [9.17, 15) is 10.1 Å². The zero-order valence-corrected chi connectivity index (χ0v) is 20.2. The van der Waals surface area contributed by atoms with Crippen molar-refractivity contribution in [3.05, 3.63) is 98.7 Å². The summed E-state index contributed by atoms with van der Waals surface area (Å²) in [5.74, 6) is 1.11. The molecule has 0 spiro atoms. The molecule has 0 bridgehead atoms. The minimum absolute atomic E-state index is 0.00755. The molecule has 7 nitrogen and oxygen atoms in total. The first-order valence-corrected chi connectivity index (χ1v) is 11.6. The van der Waals surface area contributed by atoms with Crippen LogP contribution in [-0.4, -0.2) is 19.1 Å². The number of H-pyrrole nitrogens is 1. The number of nitrogens with zero attached hydrogens (tertiary/aromatic N) is 1. The van der Waals surface area contributed by atoms with Crippen LogP contribution in [0.2, 0.25) is 5.02 Å². The lowest BCUT2D eigenvalue weighted by Crippen LogP contribution is -2.18. The third-order valence-electron chi connectivity index (χ3n) is 5.57. The summed E-state index contributed by atoms with van der Waals surface area (Å²) in [5, 5.41) is 12.6. The number of nitrogens with one attached hydrogen (secondary N) is 1. The number of non-ortho nitro benzene ring substituents is 1. The number of aromatic amines is 1. The fourth-order valence-electron chi connectivity index (χ4n) is 3.95. The number of nitro groups is 1. The van der Waals surface area contributed by atoms with E-state index in [0.717, 1.165) is 27.4 Å². The first-order valence-electron chi connectivity index (χ1n) is 10.4. The van der Waals surface area contributed by atoms with Crippen molar-refractivity contribution in [2.24, 2.45) is 0 Å². The van der Waals surface area contributed by atoms with Crippen LogP contribution in [0.3, 0.4) is 0 Å². The second kappa shape index (κ2) is 10.1. The average molecular weight is 497 g/mol. The van der Waals surface area contributed by atoms with Gasteiger partial charge in [0.15, 0.2) is 0 Å². The van der Waals surface area contributed by atoms with Crippen LogP contribution >= 0.6 is 22.9 Å². The van der Waals surface area contributed by atoms with E-state index in [0.29, 0.717) is 27.9 Å². The standard InChI is InChI=1S/C25H22ClN3O4S/c1-32-20-9-6-15(7-10-20)21(14-17-13-19(29(30)31)8-11-22(17)33-2)23-24(34-25(27)28-23)16-4-3-5-18(26)12-16/h3-13,21H,14H2,1-2H3,(H2,27,28)/p+1. The quantitative estimate of drug-likeness (QED) is 0.246. The maximum absolute atomic E-state index is 11.4. The molecular weight excluding hydrogens is 474 g/mol. The molecule has 4 aromatic rings. The molecule has 3 aromatic carbocycles. The summed E-state index contributed by atoms with van der Waals surface area (Å²) < 4.78 is 10.9. The second-order valence-electron chi connectivity index (χ2n) is 7.63. The van der Waals surface area contributed by atoms with E-state index in [1.807, 2.05) is 48.5 Å². The lowest BCUT2D eigenvalue weighted by Gasteiger charge is -2.18. The summed E-state index contributed by atoms with van der Waals surface area (Å²) in [5.41, 5.74) is 9.77. The van der Waals surface area contributed by atoms with Gasteiger partial charge in [-0.2, -0.15) is 0 Å². The van der Waals surface area contributed by atoms with E-state index in [1.54, 1.807) is 26.4 Å². The van der Waals surface area contributed by atoms with E-state index >= 15 is 0 Å². The minimum atomic E-state index is -0.405. The van der Waals surface area contributed by atoms with Crippen LogP contribution in [0, 0.1) is 10.1 Å². The lowest BCUT2D eigenvalue weighted by molar-refractivity contribution is -0.385. The predicted molar refractivity (Wildman–Crippen MR) is 134 cm³/mol. The summed E-state index contributed by atoms with van der Waals surface area (Å²) in [4.78, 5) is 15.3. The van der Waals surface area contributed by atoms with Crippen molar-refractivity contribution in [1.82, 2.24) is 0 Å². The van der Waals surface area contributed by atoms with Crippen LogP contribution in [0.4, 0.5) is 10.8 Å². The minimum Gasteiger partial charge on any atom is -0.497 e. The fourth-order valence-corrected chi connectivity index (χ4v) is 5.07. The highest BCUT2D eigenvalue weighted by Gasteiger charge is 2.28. The Kier molecular flexibility index (Phi) is 7.00. The Morgan fingerprint density at radius 3 is 2.50 bits per heavy atom. The molecule has 0 aliphatic heterocycles. The lowest BCUT2D eigenvalue weighted by atomic mass is 9.87. The third kappa shape index (κ3) is 4.98. The van der Waals surface area contributed by atoms with Gasteiger partial charge in [-0.15, -0.1) is 0 Å². The zero-order chi connectivity index (χ0) is 24.2. The van der Waals surface area contributed by atoms with Gasteiger partial charge in [-0.05, 0) is 59.2 Å². The summed E-state index contributed by atoms with van der Waals surface area (Å²) in [6, 6.07) is 20.0. The maximum Gasteiger partial charge on any atom is 0.330 e. The average Bonchev–Trinajstić information content (AvgIpc) is 3.23. The molecule has 0 fully saturated rings. The Labute approximate surface area is 205 Å². The number of ether oxygens (including phenoxy) is 2. The van der Waals surface area contributed by atoms with Crippen molar-refractivity contribution in [3.63, 3.8) is 0 Å². The summed E-state index contributed by atoms with van der Waals surface area (Å²) in [6.45, 7) is 0. The number of thiazole rings is 1. The van der Waals surface area contributed by atoms with E-state index in [-0.39, 0.29) is 11.6 Å². The molecule has 1 atom stereocenters. The number of aromatic nitrogens is 1. The number of rotatable bonds is 8. The van der Waals surface area contributed by atoms with Crippen LogP contribution in [-0.2, 0) is 6.42 Å². The van der Waals surface area contributed by atoms with Crippen LogP contribution in [0.5, 0.6) is 11.5 Å². The molecule has 0 aliphatic carbocycles. The Bertz CT molecular complexity index is 1320. The Morgan fingerprint density at radius 1 is 1.09 bits per heavy atom. The second-order valence-corrected chi connectivity index (χ2v) is 9.12. The SMILES string of the molecule is COc1ccc(C(Cc2cc([N+](=O)[O-])ccc2OC)c2[nH+]c(N)sc2-c2cccc(Cl)c2)cc1. The van der Waals surface area contributed by atoms with Gasteiger partial charge in [0.1, 0.15) is 17.2 Å². The number of nitrogens with two attached hydrogens (primary N) is 1. The van der Waals surface area contributed by atoms with Gasteiger partial charge in [0.05, 0.1) is 29.9 Å². The van der Waals surface area contributed by atoms with E-state index in [2.05, 4.69) is 4.98 Å². The zero-order valence-electron chi connectivity index (χ0n) is 18.6. The summed E-state index contributed by atoms with van der Waals surface area (Å²) in [6.07, 6.45) is 0.442. The van der Waals surface area contributed by atoms with Crippen molar-refractivity contribution < 1.29 is 19.4 Å². The van der Waals surface area contributed by atoms with Gasteiger partial charge in [-0.1, -0.05) is 35.9 Å². The van der Waals surface area contributed by atoms with Gasteiger partial charge in [0.25, 0.3) is 5.69 Å². The Hall–Kier alpha value is -3.62. The number of hydrogen-bond donors (Lipinski definition) is 1. The number of benzene rings is 3. The third-order valence-corrected chi connectivity index (χ3v) is 6.78. The monoisotopic (exact) mass is 496 g/mol. The molecule has 0 amide bonds. The van der Waals surface area contributed by atoms with Crippen molar-refractivity contribution in [2.45, 2.75) is 12.3 Å². The molecule has 0 aliphatic rings. The van der Waals surface area contributed by atoms with Crippen LogP contribution < -0.4 is 20.2 Å². The van der Waals surface area contributed by atoms with Gasteiger partial charge in [0.2, 0.25) is 0 Å². The van der Waals surface area contributed by atoms with Crippen molar-refractivity contribution in [2.75, 3.05) is 20.0 Å². The highest BCUT2D eigenvalue weighted by Crippen LogP contribution is 2.40. The van der Waals surface area contributed by atoms with Gasteiger partial charge >= 0.3 is 5.13 Å². The number of halogens is 1. The number of nitrogen functional groups attached to an aromatic ring is 1. The molecule has 3 N–H and O–H groups in total. The molecule has 0 radical (unpaired) electrons. The molecule has 34 heavy (non-hydrogen) atoms. The fraction of sp³-hybridized carbons (Fsp3) is 0.160. The predicted octanol–water partition coefficient (Wildman–Crippen LogP) is 5.76. The largest absolute Gasteiger partial charge is 0.497 e. The molecule has 1 heterocycles. The smallest absolute Gasteiger partial charge is 0.330 e. The highest BCUT2D eigenvalue weighted by atomic mass is 35.5. The number of anilines is 1. The molecule has 9 heteroatoms. The molecule has 0 saturated carbocycles. The van der Waals surface area contributed by atoms with Gasteiger partial charge in [-0.3, -0.25) is 15.8 Å². The maximum atomic E-state index is 11.4. The van der Waals surface area contributed by atoms with Crippen LogP contribution in [0.1, 0.15) is 22.7 Å². The van der Waals surface area contributed by atoms with E-state index in [4.69, 9.17) is 26.8 Å². The van der Waals surface area contributed by atoms with Crippen molar-refractivity contribution in [1.29, 1.82) is 0 Å². The first kappa shape index (κ1) is 23.5. The van der Waals surface area contributed by atoms with Crippen LogP contribution in [0.25, 0.3) is 10.4 Å². The Balaban J connectivity index is 1.87. The molecule has 174 valence electrons. The number of nitro benzene ring substituents is 1. The van der Waals surface area contributed by atoms with Gasteiger partial charge < -0.3 is 9.47 Å². The normalized spacial score (nSPS) is 11.7. The van der Waals surface area contributed by atoms with Crippen molar-refractivity contribution >= 4 is 33.8 Å². The number of hydrogen-bond acceptors (Lipinski definition) is 6. The molecule has 4 rings (SSSR count). The first-order chi connectivity index (χ1) is 16.4. The van der Waals surface area contributed by atoms with Gasteiger partial charge in [0, 0.05) is 22.7 Å². The highest BCUT2D eigenvalue weighted by molar-refractivity contribution is 7.18. The molecule has 1 unspecified atom stereocenters. The summed E-state index contributed by atoms with van der Waals surface area (Å²) in [7, 11) is 3.17. The molecule has 1 aromatic heterocycles. The molecular formula is C25H23ClN3O4S+. The molecule has 0 saturated heterocycles. The Morgan fingerprint density at radius 2 is 1.85 bits per heavy atom. The van der Waals surface area contributed by atoms with Crippen LogP contribution in [0.15, 0.2) is 66.7 Å². The van der Waals surface area contributed by atoms with E-state index in [1.165, 1.54) is 17.4 Å². The number of methoxy groups -OCH3 is 2. The van der Waals surface area contributed by atoms with Crippen molar-refractivity contribution in [3.8, 4) is 21.9 Å². The topological polar surface area (TPSA) is 102 Å². The summed E-state index contributed by atoms with van der Waals surface area (Å²) >= 11 is 7.70. The van der Waals surface area contributed by atoms with Gasteiger partial charge in [-0.25, -0.2) is 4.98 Å².